The van der Waals surface area contributed by atoms with Gasteiger partial charge < -0.3 is 14.2 Å². The summed E-state index contributed by atoms with van der Waals surface area (Å²) in [5, 5.41) is 0. The molecule has 0 saturated carbocycles. The van der Waals surface area contributed by atoms with Crippen LogP contribution in [0, 0.1) is 0 Å². The van der Waals surface area contributed by atoms with E-state index >= 15 is 0 Å². The quantitative estimate of drug-likeness (QED) is 0.0347. The van der Waals surface area contributed by atoms with Gasteiger partial charge in [0.25, 0.3) is 0 Å². The number of hydrogen-bond acceptors (Lipinski definition) is 5. The number of esters is 2. The minimum absolute atomic E-state index is 0.0738. The lowest BCUT2D eigenvalue weighted by molar-refractivity contribution is -0.163. The van der Waals surface area contributed by atoms with Gasteiger partial charge in [0.2, 0.25) is 0 Å². The predicted molar refractivity (Wildman–Crippen MR) is 261 cm³/mol. The molecule has 0 aromatic carbocycles. The maximum absolute atomic E-state index is 12.8. The fourth-order valence-electron chi connectivity index (χ4n) is 7.35. The van der Waals surface area contributed by atoms with Crippen LogP contribution in [0.3, 0.4) is 0 Å². The molecule has 0 amide bonds. The summed E-state index contributed by atoms with van der Waals surface area (Å²) in [7, 11) is 0. The first-order chi connectivity index (χ1) is 29.6. The Morgan fingerprint density at radius 1 is 0.367 bits per heavy atom. The van der Waals surface area contributed by atoms with Gasteiger partial charge in [-0.25, -0.2) is 0 Å². The van der Waals surface area contributed by atoms with E-state index in [-0.39, 0.29) is 25.2 Å². The van der Waals surface area contributed by atoms with Crippen LogP contribution < -0.4 is 0 Å². The van der Waals surface area contributed by atoms with E-state index in [1.54, 1.807) is 0 Å². The van der Waals surface area contributed by atoms with Crippen molar-refractivity contribution in [1.82, 2.24) is 0 Å². The van der Waals surface area contributed by atoms with Gasteiger partial charge in [0.1, 0.15) is 6.61 Å². The van der Waals surface area contributed by atoms with Crippen LogP contribution in [0.4, 0.5) is 0 Å². The number of rotatable bonds is 48. The molecule has 0 saturated heterocycles. The number of carbonyl (C=O) groups is 2. The molecule has 0 spiro atoms. The molecule has 5 heteroatoms. The molecule has 1 unspecified atom stereocenters. The van der Waals surface area contributed by atoms with Crippen molar-refractivity contribution in [2.24, 2.45) is 0 Å². The normalized spacial score (nSPS) is 12.5. The van der Waals surface area contributed by atoms with E-state index in [9.17, 15) is 9.59 Å². The number of allylic oxidation sites excluding steroid dienone is 8. The van der Waals surface area contributed by atoms with E-state index < -0.39 is 6.10 Å². The van der Waals surface area contributed by atoms with E-state index in [1.807, 2.05) is 0 Å². The van der Waals surface area contributed by atoms with Gasteiger partial charge in [-0.15, -0.1) is 0 Å². The Balaban J connectivity index is 4.29. The van der Waals surface area contributed by atoms with Gasteiger partial charge in [-0.1, -0.05) is 198 Å². The molecule has 350 valence electrons. The summed E-state index contributed by atoms with van der Waals surface area (Å²) in [6.45, 7) is 7.77. The molecule has 0 aliphatic carbocycles. The third-order valence-corrected chi connectivity index (χ3v) is 11.3. The van der Waals surface area contributed by atoms with Crippen LogP contribution in [0.25, 0.3) is 0 Å². The second-order valence-electron chi connectivity index (χ2n) is 17.4. The minimum Gasteiger partial charge on any atom is -0.462 e. The van der Waals surface area contributed by atoms with Gasteiger partial charge in [-0.3, -0.25) is 9.59 Å². The van der Waals surface area contributed by atoms with Crippen molar-refractivity contribution in [3.8, 4) is 0 Å². The average molecular weight is 841 g/mol. The monoisotopic (exact) mass is 841 g/mol. The predicted octanol–water partition coefficient (Wildman–Crippen LogP) is 17.6. The molecular formula is C55H100O5. The second kappa shape index (κ2) is 51.2. The molecule has 0 bridgehead atoms. The molecule has 0 rings (SSSR count). The second-order valence-corrected chi connectivity index (χ2v) is 17.4. The summed E-state index contributed by atoms with van der Waals surface area (Å²) >= 11 is 0. The van der Waals surface area contributed by atoms with Crippen LogP contribution >= 0.6 is 0 Å². The molecule has 0 aliphatic heterocycles. The first-order valence-electron chi connectivity index (χ1n) is 26.2. The summed E-state index contributed by atoms with van der Waals surface area (Å²) < 4.78 is 17.4. The van der Waals surface area contributed by atoms with Crippen LogP contribution in [0.2, 0.25) is 0 Å². The van der Waals surface area contributed by atoms with Crippen LogP contribution in [-0.4, -0.2) is 37.9 Å². The smallest absolute Gasteiger partial charge is 0.306 e. The fraction of sp³-hybridized carbons (Fsp3) is 0.818. The van der Waals surface area contributed by atoms with Crippen LogP contribution in [0.15, 0.2) is 48.6 Å². The summed E-state index contributed by atoms with van der Waals surface area (Å²) in [5.74, 6) is -0.419. The highest BCUT2D eigenvalue weighted by molar-refractivity contribution is 5.70. The minimum atomic E-state index is -0.547. The Bertz CT molecular complexity index is 997. The van der Waals surface area contributed by atoms with Crippen LogP contribution in [0.5, 0.6) is 0 Å². The zero-order chi connectivity index (χ0) is 43.5. The van der Waals surface area contributed by atoms with Gasteiger partial charge in [-0.05, 0) is 103 Å². The van der Waals surface area contributed by atoms with Crippen molar-refractivity contribution in [1.29, 1.82) is 0 Å². The fourth-order valence-corrected chi connectivity index (χ4v) is 7.35. The number of hydrogen-bond donors (Lipinski definition) is 0. The van der Waals surface area contributed by atoms with Crippen molar-refractivity contribution < 1.29 is 23.8 Å². The largest absolute Gasteiger partial charge is 0.462 e. The summed E-state index contributed by atoms with van der Waals surface area (Å²) in [6, 6.07) is 0. The summed E-state index contributed by atoms with van der Waals surface area (Å²) in [6.07, 6.45) is 62.6. The Labute approximate surface area is 373 Å². The third-order valence-electron chi connectivity index (χ3n) is 11.3. The van der Waals surface area contributed by atoms with E-state index in [0.717, 1.165) is 70.6 Å². The van der Waals surface area contributed by atoms with Crippen LogP contribution in [0.1, 0.15) is 265 Å². The number of unbranched alkanes of at least 4 members (excludes halogenated alkanes) is 29. The highest BCUT2D eigenvalue weighted by Gasteiger charge is 2.17. The van der Waals surface area contributed by atoms with Gasteiger partial charge in [0, 0.05) is 19.4 Å². The molecule has 0 aromatic rings. The maximum atomic E-state index is 12.8. The van der Waals surface area contributed by atoms with Crippen molar-refractivity contribution in [2.45, 2.75) is 271 Å². The summed E-state index contributed by atoms with van der Waals surface area (Å²) in [5.41, 5.74) is 0. The van der Waals surface area contributed by atoms with Crippen LogP contribution in [-0.2, 0) is 23.8 Å². The van der Waals surface area contributed by atoms with Gasteiger partial charge in [0.05, 0.1) is 6.61 Å². The molecule has 1 atom stereocenters. The first-order valence-corrected chi connectivity index (χ1v) is 26.2. The highest BCUT2D eigenvalue weighted by atomic mass is 16.6. The van der Waals surface area contributed by atoms with Crippen molar-refractivity contribution in [3.05, 3.63) is 48.6 Å². The lowest BCUT2D eigenvalue weighted by Crippen LogP contribution is -2.30. The zero-order valence-electron chi connectivity index (χ0n) is 40.2. The summed E-state index contributed by atoms with van der Waals surface area (Å²) in [4.78, 5) is 25.4. The maximum Gasteiger partial charge on any atom is 0.306 e. The van der Waals surface area contributed by atoms with Crippen molar-refractivity contribution >= 4 is 11.9 Å². The van der Waals surface area contributed by atoms with Gasteiger partial charge >= 0.3 is 11.9 Å². The first kappa shape index (κ1) is 57.9. The average Bonchev–Trinajstić information content (AvgIpc) is 3.25. The topological polar surface area (TPSA) is 61.8 Å². The molecule has 0 N–H and O–H groups in total. The molecule has 0 aromatic heterocycles. The highest BCUT2D eigenvalue weighted by Crippen LogP contribution is 2.14. The molecular weight excluding hydrogens is 741 g/mol. The Hall–Kier alpha value is -2.14. The SMILES string of the molecule is CCCCC/C=C\C/C=C\CCCCCCCC(=O)OCC(COCCCCCCCC/C=C\CCCCCCCC)OC(=O)CCCCCCC/C=C\CCCCCC. The van der Waals surface area contributed by atoms with Gasteiger partial charge in [-0.2, -0.15) is 0 Å². The lowest BCUT2D eigenvalue weighted by Gasteiger charge is -2.18. The lowest BCUT2D eigenvalue weighted by atomic mass is 10.1. The Kier molecular flexibility index (Phi) is 49.4. The van der Waals surface area contributed by atoms with E-state index in [0.29, 0.717) is 19.4 Å². The number of carbonyl (C=O) groups excluding carboxylic acids is 2. The molecule has 0 aliphatic rings. The van der Waals surface area contributed by atoms with E-state index in [1.165, 1.54) is 161 Å². The van der Waals surface area contributed by atoms with E-state index in [4.69, 9.17) is 14.2 Å². The molecule has 0 fully saturated rings. The molecule has 5 nitrogen and oxygen atoms in total. The molecule has 0 heterocycles. The molecule has 60 heavy (non-hydrogen) atoms. The standard InChI is InChI=1S/C55H100O5/c1-4-7-10-13-16-19-22-25-27-29-32-35-38-41-44-47-50-58-51-53(60-55(57)49-46-43-40-37-34-30-24-21-18-15-12-9-6-3)52-59-54(56)48-45-42-39-36-33-31-28-26-23-20-17-14-11-8-5-2/h17,20-21,24-28,53H,4-16,18-19,22-23,29-52H2,1-3H3/b20-17-,24-21-,27-25-,28-26-. The molecule has 0 radical (unpaired) electrons. The third kappa shape index (κ3) is 48.5. The van der Waals surface area contributed by atoms with Crippen molar-refractivity contribution in [3.63, 3.8) is 0 Å². The van der Waals surface area contributed by atoms with Gasteiger partial charge in [0.15, 0.2) is 6.10 Å². The number of ether oxygens (including phenoxy) is 3. The zero-order valence-corrected chi connectivity index (χ0v) is 40.2. The van der Waals surface area contributed by atoms with E-state index in [2.05, 4.69) is 69.4 Å². The van der Waals surface area contributed by atoms with Crippen molar-refractivity contribution in [2.75, 3.05) is 19.8 Å². The Morgan fingerprint density at radius 2 is 0.700 bits per heavy atom. The Morgan fingerprint density at radius 3 is 1.17 bits per heavy atom.